The van der Waals surface area contributed by atoms with Crippen molar-refractivity contribution in [3.8, 4) is 0 Å². The van der Waals surface area contributed by atoms with Crippen LogP contribution in [0.1, 0.15) is 142 Å². The van der Waals surface area contributed by atoms with E-state index in [1.807, 2.05) is 19.1 Å². The molecule has 460 valence electrons. The molecule has 3 heterocycles. The van der Waals surface area contributed by atoms with Crippen LogP contribution in [0.5, 0.6) is 0 Å². The number of amides is 2. The van der Waals surface area contributed by atoms with Gasteiger partial charge in [0, 0.05) is 22.1 Å². The first-order valence-electron chi connectivity index (χ1n) is 29.6. The lowest BCUT2D eigenvalue weighted by Crippen LogP contribution is -2.69. The summed E-state index contributed by atoms with van der Waals surface area (Å²) in [6, 6.07) is 5.76. The number of hydrogen-bond donors (Lipinski definition) is 11. The molecule has 0 aromatic heterocycles. The lowest BCUT2D eigenvalue weighted by molar-refractivity contribution is -0.370. The molecular formula is C60H89IN2O19. The fourth-order valence-corrected chi connectivity index (χ4v) is 16.9. The number of ether oxygens (including phenoxy) is 6. The molecule has 21 nitrogen and oxygen atoms in total. The number of nitrogens with one attached hydrogen (secondary N) is 2. The van der Waals surface area contributed by atoms with Gasteiger partial charge in [0.05, 0.1) is 43.0 Å². The Hall–Kier alpha value is -2.79. The fraction of sp³-hybridized carbons (Fsp3) is 0.800. The van der Waals surface area contributed by atoms with Crippen molar-refractivity contribution in [1.29, 1.82) is 0 Å². The van der Waals surface area contributed by atoms with Crippen molar-refractivity contribution in [2.75, 3.05) is 19.8 Å². The Morgan fingerprint density at radius 1 is 0.756 bits per heavy atom. The minimum absolute atomic E-state index is 0.0188. The normalized spacial score (nSPS) is 46.1. The van der Waals surface area contributed by atoms with Gasteiger partial charge >= 0.3 is 5.97 Å². The van der Waals surface area contributed by atoms with E-state index < -0.39 is 145 Å². The van der Waals surface area contributed by atoms with Crippen LogP contribution in [0.3, 0.4) is 0 Å². The van der Waals surface area contributed by atoms with Crippen LogP contribution in [-0.4, -0.2) is 188 Å². The lowest BCUT2D eigenvalue weighted by atomic mass is 9.33. The highest BCUT2D eigenvalue weighted by Crippen LogP contribution is 2.76. The van der Waals surface area contributed by atoms with Crippen molar-refractivity contribution < 1.29 is 93.6 Å². The maximum Gasteiger partial charge on any atom is 0.317 e. The topological polar surface area (TPSA) is 330 Å². The summed E-state index contributed by atoms with van der Waals surface area (Å²) in [4.78, 5) is 54.8. The van der Waals surface area contributed by atoms with Crippen molar-refractivity contribution in [2.45, 2.75) is 230 Å². The number of aliphatic hydroxyl groups excluding tert-OH is 9. The summed E-state index contributed by atoms with van der Waals surface area (Å²) >= 11 is 2.16. The van der Waals surface area contributed by atoms with Gasteiger partial charge in [-0.05, 0) is 164 Å². The van der Waals surface area contributed by atoms with Gasteiger partial charge in [-0.1, -0.05) is 59.6 Å². The van der Waals surface area contributed by atoms with Gasteiger partial charge in [-0.2, -0.15) is 0 Å². The third-order valence-corrected chi connectivity index (χ3v) is 22.4. The largest absolute Gasteiger partial charge is 0.432 e. The van der Waals surface area contributed by atoms with Crippen molar-refractivity contribution in [3.05, 3.63) is 45.0 Å². The predicted octanol–water partition coefficient (Wildman–Crippen LogP) is 2.68. The van der Waals surface area contributed by atoms with E-state index in [0.717, 1.165) is 28.3 Å². The Morgan fingerprint density at radius 3 is 2.15 bits per heavy atom. The molecule has 7 fully saturated rings. The van der Waals surface area contributed by atoms with E-state index in [-0.39, 0.29) is 53.3 Å². The molecule has 5 aliphatic carbocycles. The first kappa shape index (κ1) is 63.7. The quantitative estimate of drug-likeness (QED) is 0.0373. The fourth-order valence-electron chi connectivity index (χ4n) is 16.6. The summed E-state index contributed by atoms with van der Waals surface area (Å²) < 4.78 is 37.5. The molecular weight excluding hydrogens is 1180 g/mol. The third-order valence-electron chi connectivity index (χ3n) is 21.7. The first-order chi connectivity index (χ1) is 38.6. The number of rotatable bonds is 16. The summed E-state index contributed by atoms with van der Waals surface area (Å²) in [5, 5.41) is 107. The van der Waals surface area contributed by atoms with Gasteiger partial charge in [0.1, 0.15) is 60.5 Å². The molecule has 1 aromatic carbocycles. The number of fused-ring (bicyclic) bond motifs is 7. The van der Waals surface area contributed by atoms with Gasteiger partial charge in [-0.25, -0.2) is 0 Å². The van der Waals surface area contributed by atoms with Crippen LogP contribution in [0, 0.1) is 53.8 Å². The van der Waals surface area contributed by atoms with Crippen molar-refractivity contribution in [2.24, 2.45) is 50.2 Å². The van der Waals surface area contributed by atoms with E-state index in [1.165, 1.54) is 6.92 Å². The van der Waals surface area contributed by atoms with Crippen LogP contribution >= 0.6 is 22.6 Å². The molecule has 82 heavy (non-hydrogen) atoms. The number of allylic oxidation sites excluding steroid dienone is 2. The molecule has 9 rings (SSSR count). The number of carbonyl (C=O) groups is 4. The molecule has 11 N–H and O–H groups in total. The molecule has 0 radical (unpaired) electrons. The average Bonchev–Trinajstić information content (AvgIpc) is 1.15. The summed E-state index contributed by atoms with van der Waals surface area (Å²) in [5.41, 5.74) is -2.41. The standard InChI is InChI=1S/C60H89IN2O19/c1-30-48(80-51-46(73)43(70)35(66)28-77-51)45(72)47(74)52(78-30)81-49-44(71)42(63-41(69)11-9-8-10-24-62-50(75)31-12-14-32(61)15-13-31)36(27-64)79-53(49)82-54(76)60-23-22-55(2,3)25-34(60)33-16-17-38-56(4)20-19-39(67)57(5,29-65)37(56)18-21-58(38,6)59(33,7)26-40(60)68/h12-16,29-30,34-40,42-49,51-53,64,66-68,70-74H,8-11,17-28H2,1-7H3,(H,62,75)(H,63,69)/t30-,34-,35+,36+,37+,38+,39-,40+,42-,43-,44-,45-,46+,47+,48-,49+,51-,52-,53-,56-,57-,58+,59+,60+/m0/s1. The lowest BCUT2D eigenvalue weighted by Gasteiger charge is -2.71. The van der Waals surface area contributed by atoms with Crippen LogP contribution in [-0.2, 0) is 42.8 Å². The number of benzene rings is 1. The average molecular weight is 1270 g/mol. The Labute approximate surface area is 493 Å². The minimum Gasteiger partial charge on any atom is -0.432 e. The van der Waals surface area contributed by atoms with Crippen LogP contribution < -0.4 is 10.6 Å². The number of aldehydes is 1. The molecule has 4 saturated carbocycles. The monoisotopic (exact) mass is 1270 g/mol. The van der Waals surface area contributed by atoms with Gasteiger partial charge in [0.25, 0.3) is 5.91 Å². The molecule has 8 aliphatic rings. The smallest absolute Gasteiger partial charge is 0.317 e. The Balaban J connectivity index is 0.963. The summed E-state index contributed by atoms with van der Waals surface area (Å²) in [7, 11) is 0. The van der Waals surface area contributed by atoms with Gasteiger partial charge in [0.15, 0.2) is 18.7 Å². The molecule has 1 aromatic rings. The van der Waals surface area contributed by atoms with Crippen molar-refractivity contribution in [1.82, 2.24) is 10.6 Å². The van der Waals surface area contributed by atoms with Crippen molar-refractivity contribution in [3.63, 3.8) is 0 Å². The molecule has 3 aliphatic heterocycles. The van der Waals surface area contributed by atoms with Crippen LogP contribution in [0.25, 0.3) is 0 Å². The first-order valence-corrected chi connectivity index (χ1v) is 30.7. The number of esters is 1. The Kier molecular flexibility index (Phi) is 19.0. The molecule has 2 amide bonds. The minimum atomic E-state index is -1.96. The zero-order chi connectivity index (χ0) is 59.6. The Bertz CT molecular complexity index is 2510. The van der Waals surface area contributed by atoms with Gasteiger partial charge in [0.2, 0.25) is 12.2 Å². The number of halogens is 1. The van der Waals surface area contributed by atoms with Gasteiger partial charge < -0.3 is 89.8 Å². The highest BCUT2D eigenvalue weighted by atomic mass is 127. The second-order valence-electron chi connectivity index (χ2n) is 26.9. The molecule has 22 heteroatoms. The molecule has 0 spiro atoms. The maximum absolute atomic E-state index is 15.7. The van der Waals surface area contributed by atoms with E-state index in [0.29, 0.717) is 63.5 Å². The summed E-state index contributed by atoms with van der Waals surface area (Å²) in [6.45, 7) is 13.6. The number of hydrogen-bond acceptors (Lipinski definition) is 19. The van der Waals surface area contributed by atoms with Crippen LogP contribution in [0.2, 0.25) is 0 Å². The molecule has 3 saturated heterocycles. The van der Waals surface area contributed by atoms with Gasteiger partial charge in [-0.15, -0.1) is 0 Å². The Morgan fingerprint density at radius 2 is 1.45 bits per heavy atom. The number of unbranched alkanes of at least 4 members (excludes halogenated alkanes) is 2. The van der Waals surface area contributed by atoms with Crippen molar-refractivity contribution >= 4 is 46.7 Å². The van der Waals surface area contributed by atoms with E-state index in [2.05, 4.69) is 73.9 Å². The van der Waals surface area contributed by atoms with E-state index >= 15 is 4.79 Å². The highest BCUT2D eigenvalue weighted by molar-refractivity contribution is 14.1. The molecule has 0 bridgehead atoms. The van der Waals surface area contributed by atoms with E-state index in [1.54, 1.807) is 12.1 Å². The van der Waals surface area contributed by atoms with Crippen LogP contribution in [0.15, 0.2) is 35.9 Å². The molecule has 24 atom stereocenters. The maximum atomic E-state index is 15.7. The SMILES string of the molecule is C[C@@H]1O[C@@H](O[C@H]2[C@H](OC(=O)[C@]34CCC(C)(C)C[C@H]3C3=CC[C@@H]5[C@@]6(C)CC[C@H](O)[C@@](C)(C=O)[C@@H]6CC[C@@]5(C)[C@]3(C)C[C@H]4O)O[C@H](CO)[C@H](NC(=O)CCCCCNC(=O)c3ccc(I)cc3)[C@@H]2O)[C@H](O)[C@H](O)[C@H]1O[C@@H]1OC[C@@H](O)[C@H](O)[C@H]1O. The van der Waals surface area contributed by atoms with E-state index in [4.69, 9.17) is 28.4 Å². The third kappa shape index (κ3) is 11.3. The zero-order valence-electron chi connectivity index (χ0n) is 48.2. The van der Waals surface area contributed by atoms with Crippen LogP contribution in [0.4, 0.5) is 0 Å². The summed E-state index contributed by atoms with van der Waals surface area (Å²) in [5.74, 6) is -2.06. The number of carbonyl (C=O) groups excluding carboxylic acids is 4. The summed E-state index contributed by atoms with van der Waals surface area (Å²) in [6.07, 6.45) is -13.8. The zero-order valence-corrected chi connectivity index (χ0v) is 50.4. The number of aliphatic hydroxyl groups is 9. The predicted molar refractivity (Wildman–Crippen MR) is 300 cm³/mol. The second kappa shape index (κ2) is 24.4. The van der Waals surface area contributed by atoms with Gasteiger partial charge in [-0.3, -0.25) is 14.4 Å². The highest BCUT2D eigenvalue weighted by Gasteiger charge is 2.72. The van der Waals surface area contributed by atoms with E-state index in [9.17, 15) is 60.3 Å². The second-order valence-corrected chi connectivity index (χ2v) is 28.2. The molecule has 0 unspecified atom stereocenters.